The van der Waals surface area contributed by atoms with Crippen molar-refractivity contribution in [1.82, 2.24) is 9.97 Å². The normalized spacial score (nSPS) is 9.42. The first-order valence-electron chi connectivity index (χ1n) is 3.33. The van der Waals surface area contributed by atoms with E-state index in [2.05, 4.69) is 22.6 Å². The molecular formula is C7H8N4S. The number of nitrogens with two attached hydrogens (primary N) is 1. The Bertz CT molecular complexity index is 342. The van der Waals surface area contributed by atoms with Crippen molar-refractivity contribution < 1.29 is 0 Å². The second-order valence-electron chi connectivity index (χ2n) is 2.25. The molecule has 0 bridgehead atoms. The van der Waals surface area contributed by atoms with Gasteiger partial charge in [0, 0.05) is 5.75 Å². The zero-order valence-corrected chi connectivity index (χ0v) is 7.47. The Kier molecular flexibility index (Phi) is 2.51. The van der Waals surface area contributed by atoms with Crippen LogP contribution in [-0.2, 0) is 5.75 Å². The molecule has 0 radical (unpaired) electrons. The highest BCUT2D eigenvalue weighted by Crippen LogP contribution is 2.13. The Morgan fingerprint density at radius 1 is 1.58 bits per heavy atom. The minimum Gasteiger partial charge on any atom is -0.382 e. The fraction of sp³-hybridized carbons (Fsp3) is 0.286. The summed E-state index contributed by atoms with van der Waals surface area (Å²) in [5.41, 5.74) is 6.42. The van der Waals surface area contributed by atoms with Crippen LogP contribution >= 0.6 is 12.6 Å². The molecule has 0 amide bonds. The Morgan fingerprint density at radius 2 is 2.25 bits per heavy atom. The summed E-state index contributed by atoms with van der Waals surface area (Å²) < 4.78 is 0. The summed E-state index contributed by atoms with van der Waals surface area (Å²) in [4.78, 5) is 7.90. The summed E-state index contributed by atoms with van der Waals surface area (Å²) in [6.45, 7) is 1.73. The number of nitrogens with zero attached hydrogens (tertiary/aromatic N) is 3. The molecule has 0 fully saturated rings. The lowest BCUT2D eigenvalue weighted by atomic mass is 10.2. The Morgan fingerprint density at radius 3 is 2.75 bits per heavy atom. The smallest absolute Gasteiger partial charge is 0.145 e. The monoisotopic (exact) mass is 180 g/mol. The van der Waals surface area contributed by atoms with Crippen LogP contribution in [-0.4, -0.2) is 9.97 Å². The van der Waals surface area contributed by atoms with Crippen LogP contribution < -0.4 is 5.73 Å². The van der Waals surface area contributed by atoms with Gasteiger partial charge in [0.2, 0.25) is 0 Å². The summed E-state index contributed by atoms with van der Waals surface area (Å²) in [6, 6.07) is 1.94. The highest BCUT2D eigenvalue weighted by molar-refractivity contribution is 7.79. The topological polar surface area (TPSA) is 75.6 Å². The molecule has 0 saturated heterocycles. The number of aromatic nitrogens is 2. The van der Waals surface area contributed by atoms with Crippen molar-refractivity contribution in [3.8, 4) is 6.07 Å². The Labute approximate surface area is 75.9 Å². The lowest BCUT2D eigenvalue weighted by molar-refractivity contribution is 1.00. The van der Waals surface area contributed by atoms with E-state index in [1.54, 1.807) is 6.92 Å². The number of rotatable bonds is 1. The summed E-state index contributed by atoms with van der Waals surface area (Å²) in [7, 11) is 0. The minimum absolute atomic E-state index is 0.231. The molecule has 0 aromatic carbocycles. The first-order chi connectivity index (χ1) is 5.69. The number of thiol groups is 1. The molecule has 0 saturated carbocycles. The van der Waals surface area contributed by atoms with Crippen LogP contribution in [0.1, 0.15) is 17.1 Å². The summed E-state index contributed by atoms with van der Waals surface area (Å²) >= 11 is 4.03. The van der Waals surface area contributed by atoms with Crippen molar-refractivity contribution in [1.29, 1.82) is 5.26 Å². The van der Waals surface area contributed by atoms with E-state index >= 15 is 0 Å². The van der Waals surface area contributed by atoms with Gasteiger partial charge >= 0.3 is 0 Å². The first kappa shape index (κ1) is 8.81. The van der Waals surface area contributed by atoms with Gasteiger partial charge in [-0.15, -0.1) is 0 Å². The molecular weight excluding hydrogens is 172 g/mol. The summed E-state index contributed by atoms with van der Waals surface area (Å²) in [5, 5.41) is 8.68. The maximum atomic E-state index is 8.68. The first-order valence-corrected chi connectivity index (χ1v) is 3.96. The molecule has 0 aliphatic rings. The van der Waals surface area contributed by atoms with Gasteiger partial charge in [-0.25, -0.2) is 9.97 Å². The zero-order valence-electron chi connectivity index (χ0n) is 6.57. The maximum Gasteiger partial charge on any atom is 0.145 e. The number of anilines is 1. The van der Waals surface area contributed by atoms with Crippen molar-refractivity contribution >= 4 is 18.4 Å². The number of nitriles is 1. The van der Waals surface area contributed by atoms with Crippen LogP contribution in [0.3, 0.4) is 0 Å². The van der Waals surface area contributed by atoms with Crippen molar-refractivity contribution in [3.05, 3.63) is 17.1 Å². The van der Waals surface area contributed by atoms with E-state index in [0.29, 0.717) is 22.8 Å². The largest absolute Gasteiger partial charge is 0.382 e. The van der Waals surface area contributed by atoms with E-state index in [4.69, 9.17) is 11.0 Å². The van der Waals surface area contributed by atoms with Crippen molar-refractivity contribution in [2.75, 3.05) is 5.73 Å². The number of hydrogen-bond donors (Lipinski definition) is 2. The van der Waals surface area contributed by atoms with Gasteiger partial charge < -0.3 is 5.73 Å². The maximum absolute atomic E-state index is 8.68. The molecule has 0 aliphatic carbocycles. The molecule has 1 aromatic heterocycles. The molecule has 0 aliphatic heterocycles. The van der Waals surface area contributed by atoms with Crippen LogP contribution in [0.5, 0.6) is 0 Å². The second-order valence-corrected chi connectivity index (χ2v) is 2.56. The van der Waals surface area contributed by atoms with Crippen LogP contribution in [0.4, 0.5) is 5.82 Å². The fourth-order valence-electron chi connectivity index (χ4n) is 0.890. The third-order valence-electron chi connectivity index (χ3n) is 1.39. The Balaban J connectivity index is 3.36. The van der Waals surface area contributed by atoms with Crippen LogP contribution in [0.2, 0.25) is 0 Å². The fourth-order valence-corrected chi connectivity index (χ4v) is 1.12. The van der Waals surface area contributed by atoms with E-state index in [0.717, 1.165) is 0 Å². The molecule has 5 heteroatoms. The van der Waals surface area contributed by atoms with Crippen LogP contribution in [0.15, 0.2) is 0 Å². The molecule has 1 heterocycles. The summed E-state index contributed by atoms with van der Waals surface area (Å²) in [5.74, 6) is 1.20. The quantitative estimate of drug-likeness (QED) is 0.623. The van der Waals surface area contributed by atoms with Gasteiger partial charge in [-0.2, -0.15) is 17.9 Å². The van der Waals surface area contributed by atoms with Gasteiger partial charge in [0.15, 0.2) is 0 Å². The van der Waals surface area contributed by atoms with Gasteiger partial charge in [0.25, 0.3) is 0 Å². The molecule has 2 N–H and O–H groups in total. The molecule has 12 heavy (non-hydrogen) atoms. The standard InChI is InChI=1S/C7H8N4S/c1-4-10-6(3-12)5(2-8)7(9)11-4/h12H,3H2,1H3,(H2,9,10,11). The van der Waals surface area contributed by atoms with Gasteiger partial charge in [-0.1, -0.05) is 0 Å². The molecule has 4 nitrogen and oxygen atoms in total. The molecule has 1 aromatic rings. The van der Waals surface area contributed by atoms with E-state index in [1.807, 2.05) is 6.07 Å². The highest BCUT2D eigenvalue weighted by Gasteiger charge is 2.07. The van der Waals surface area contributed by atoms with Gasteiger partial charge in [-0.3, -0.25) is 0 Å². The van der Waals surface area contributed by atoms with E-state index in [9.17, 15) is 0 Å². The van der Waals surface area contributed by atoms with Gasteiger partial charge in [0.05, 0.1) is 5.69 Å². The van der Waals surface area contributed by atoms with E-state index < -0.39 is 0 Å². The average molecular weight is 180 g/mol. The van der Waals surface area contributed by atoms with E-state index in [-0.39, 0.29) is 5.82 Å². The van der Waals surface area contributed by atoms with Gasteiger partial charge in [-0.05, 0) is 6.92 Å². The molecule has 0 spiro atoms. The third-order valence-corrected chi connectivity index (χ3v) is 1.68. The second kappa shape index (κ2) is 3.41. The highest BCUT2D eigenvalue weighted by atomic mass is 32.1. The molecule has 0 unspecified atom stereocenters. The Hall–Kier alpha value is -1.28. The van der Waals surface area contributed by atoms with Crippen molar-refractivity contribution in [3.63, 3.8) is 0 Å². The van der Waals surface area contributed by atoms with Gasteiger partial charge in [0.1, 0.15) is 23.3 Å². The van der Waals surface area contributed by atoms with Crippen molar-refractivity contribution in [2.24, 2.45) is 0 Å². The summed E-state index contributed by atoms with van der Waals surface area (Å²) in [6.07, 6.45) is 0. The lowest BCUT2D eigenvalue weighted by Gasteiger charge is -2.02. The predicted molar refractivity (Wildman–Crippen MR) is 48.6 cm³/mol. The average Bonchev–Trinajstić information content (AvgIpc) is 2.03. The van der Waals surface area contributed by atoms with Crippen LogP contribution in [0.25, 0.3) is 0 Å². The van der Waals surface area contributed by atoms with Crippen molar-refractivity contribution in [2.45, 2.75) is 12.7 Å². The molecule has 1 rings (SSSR count). The third kappa shape index (κ3) is 1.48. The van der Waals surface area contributed by atoms with Crippen LogP contribution in [0, 0.1) is 18.3 Å². The minimum atomic E-state index is 0.231. The zero-order chi connectivity index (χ0) is 9.14. The lowest BCUT2D eigenvalue weighted by Crippen LogP contribution is -2.04. The number of nitrogen functional groups attached to an aromatic ring is 1. The number of aryl methyl sites for hydroxylation is 1. The predicted octanol–water partition coefficient (Wildman–Crippen LogP) is 0.669. The SMILES string of the molecule is Cc1nc(N)c(C#N)c(CS)n1. The van der Waals surface area contributed by atoms with E-state index in [1.165, 1.54) is 0 Å². The number of hydrogen-bond acceptors (Lipinski definition) is 5. The molecule has 0 atom stereocenters. The molecule has 62 valence electrons.